The molecule has 2 aromatic carbocycles. The zero-order chi connectivity index (χ0) is 21.5. The zero-order valence-electron chi connectivity index (χ0n) is 16.7. The van der Waals surface area contributed by atoms with E-state index in [0.717, 1.165) is 29.9 Å². The molecule has 2 heterocycles. The molecule has 0 spiro atoms. The van der Waals surface area contributed by atoms with Crippen molar-refractivity contribution in [2.75, 3.05) is 19.3 Å². The minimum Gasteiger partial charge on any atom is -0.338 e. The van der Waals surface area contributed by atoms with Crippen molar-refractivity contribution in [3.63, 3.8) is 0 Å². The van der Waals surface area contributed by atoms with E-state index in [0.29, 0.717) is 35.5 Å². The van der Waals surface area contributed by atoms with Gasteiger partial charge in [-0.3, -0.25) is 4.79 Å². The average Bonchev–Trinajstić information content (AvgIpc) is 3.07. The first-order valence-corrected chi connectivity index (χ1v) is 11.0. The molecule has 4 nitrogen and oxygen atoms in total. The van der Waals surface area contributed by atoms with E-state index in [1.54, 1.807) is 11.8 Å². The van der Waals surface area contributed by atoms with Crippen LogP contribution in [0.3, 0.4) is 0 Å². The van der Waals surface area contributed by atoms with Gasteiger partial charge in [0.2, 0.25) is 0 Å². The highest BCUT2D eigenvalue weighted by molar-refractivity contribution is 7.98. The molecular weight excluding hydrogens is 411 g/mol. The Morgan fingerprint density at radius 2 is 1.77 bits per heavy atom. The van der Waals surface area contributed by atoms with E-state index in [1.165, 1.54) is 6.07 Å². The summed E-state index contributed by atoms with van der Waals surface area (Å²) in [7, 11) is 0. The number of alkyl halides is 3. The van der Waals surface area contributed by atoms with E-state index in [2.05, 4.69) is 4.98 Å². The smallest absolute Gasteiger partial charge is 0.338 e. The Bertz CT molecular complexity index is 1070. The zero-order valence-corrected chi connectivity index (χ0v) is 17.6. The van der Waals surface area contributed by atoms with Crippen LogP contribution < -0.4 is 0 Å². The topological polar surface area (TPSA) is 38.1 Å². The van der Waals surface area contributed by atoms with Crippen LogP contribution in [0.25, 0.3) is 11.0 Å². The van der Waals surface area contributed by atoms with Crippen LogP contribution in [0.15, 0.2) is 47.4 Å². The average molecular weight is 433 g/mol. The summed E-state index contributed by atoms with van der Waals surface area (Å²) in [5.41, 5.74) is 1.05. The molecule has 0 saturated carbocycles. The van der Waals surface area contributed by atoms with E-state index in [1.807, 2.05) is 46.9 Å². The molecule has 0 atom stereocenters. The summed E-state index contributed by atoms with van der Waals surface area (Å²) >= 11 is 1.63. The van der Waals surface area contributed by atoms with E-state index in [4.69, 9.17) is 0 Å². The highest BCUT2D eigenvalue weighted by Crippen LogP contribution is 2.34. The molecule has 0 radical (unpaired) electrons. The van der Waals surface area contributed by atoms with Crippen LogP contribution in [0.2, 0.25) is 0 Å². The number of benzene rings is 2. The van der Waals surface area contributed by atoms with Crippen LogP contribution in [-0.4, -0.2) is 39.7 Å². The monoisotopic (exact) mass is 433 g/mol. The van der Waals surface area contributed by atoms with Crippen molar-refractivity contribution in [1.29, 1.82) is 0 Å². The maximum absolute atomic E-state index is 13.0. The molecule has 1 saturated heterocycles. The number of hydrogen-bond donors (Lipinski definition) is 0. The third-order valence-corrected chi connectivity index (χ3v) is 6.39. The fourth-order valence-corrected chi connectivity index (χ4v) is 4.51. The Balaban J connectivity index is 1.50. The normalized spacial score (nSPS) is 15.7. The summed E-state index contributed by atoms with van der Waals surface area (Å²) in [6.45, 7) is 3.03. The SMILES string of the molecule is CSc1ccc(C(=O)N2CCC(n3c(C)nc4cc(C(F)(F)F)ccc43)CC2)cc1. The fourth-order valence-electron chi connectivity index (χ4n) is 4.10. The van der Waals surface area contributed by atoms with Crippen molar-refractivity contribution in [3.05, 3.63) is 59.4 Å². The van der Waals surface area contributed by atoms with Gasteiger partial charge in [-0.2, -0.15) is 13.2 Å². The standard InChI is InChI=1S/C22H22F3N3OS/c1-14-26-19-13-16(22(23,24)25)5-8-20(19)28(14)17-9-11-27(12-10-17)21(29)15-3-6-18(30-2)7-4-15/h3-8,13,17H,9-12H2,1-2H3. The number of likely N-dealkylation sites (tertiary alicyclic amines) is 1. The second-order valence-electron chi connectivity index (χ2n) is 7.48. The highest BCUT2D eigenvalue weighted by atomic mass is 32.2. The number of hydrogen-bond acceptors (Lipinski definition) is 3. The molecule has 158 valence electrons. The fraction of sp³-hybridized carbons (Fsp3) is 0.364. The van der Waals surface area contributed by atoms with Gasteiger partial charge in [-0.15, -0.1) is 11.8 Å². The van der Waals surface area contributed by atoms with Gasteiger partial charge >= 0.3 is 6.18 Å². The summed E-state index contributed by atoms with van der Waals surface area (Å²) in [5, 5.41) is 0. The molecule has 0 aliphatic carbocycles. The lowest BCUT2D eigenvalue weighted by Gasteiger charge is -2.33. The first-order chi connectivity index (χ1) is 14.3. The van der Waals surface area contributed by atoms with Crippen LogP contribution in [0.4, 0.5) is 13.2 Å². The number of nitrogens with zero attached hydrogens (tertiary/aromatic N) is 3. The van der Waals surface area contributed by atoms with Gasteiger partial charge in [0.15, 0.2) is 0 Å². The Kier molecular flexibility index (Phi) is 5.53. The molecule has 1 amide bonds. The highest BCUT2D eigenvalue weighted by Gasteiger charge is 2.32. The molecule has 4 rings (SSSR count). The molecule has 1 aliphatic heterocycles. The van der Waals surface area contributed by atoms with Crippen LogP contribution in [0, 0.1) is 6.92 Å². The molecule has 3 aromatic rings. The van der Waals surface area contributed by atoms with Gasteiger partial charge in [0.1, 0.15) is 5.82 Å². The molecule has 0 bridgehead atoms. The Morgan fingerprint density at radius 1 is 1.10 bits per heavy atom. The molecule has 1 aromatic heterocycles. The van der Waals surface area contributed by atoms with Gasteiger partial charge in [0.25, 0.3) is 5.91 Å². The molecule has 0 unspecified atom stereocenters. The molecule has 1 aliphatic rings. The van der Waals surface area contributed by atoms with Gasteiger partial charge < -0.3 is 9.47 Å². The predicted octanol–water partition coefficient (Wildman–Crippen LogP) is 5.56. The summed E-state index contributed by atoms with van der Waals surface area (Å²) in [4.78, 5) is 20.1. The van der Waals surface area contributed by atoms with Crippen LogP contribution in [-0.2, 0) is 6.18 Å². The van der Waals surface area contributed by atoms with E-state index >= 15 is 0 Å². The Hall–Kier alpha value is -2.48. The van der Waals surface area contributed by atoms with Crippen molar-refractivity contribution in [2.45, 2.75) is 36.9 Å². The maximum Gasteiger partial charge on any atom is 0.416 e. The lowest BCUT2D eigenvalue weighted by Crippen LogP contribution is -2.39. The van der Waals surface area contributed by atoms with E-state index in [-0.39, 0.29) is 11.9 Å². The number of piperidine rings is 1. The maximum atomic E-state index is 13.0. The first-order valence-electron chi connectivity index (χ1n) is 9.77. The number of thioether (sulfide) groups is 1. The van der Waals surface area contributed by atoms with Crippen LogP contribution in [0.5, 0.6) is 0 Å². The minimum absolute atomic E-state index is 0.0168. The summed E-state index contributed by atoms with van der Waals surface area (Å²) in [5.74, 6) is 0.713. The number of halogens is 3. The molecule has 8 heteroatoms. The number of imidazole rings is 1. The Labute approximate surface area is 177 Å². The summed E-state index contributed by atoms with van der Waals surface area (Å²) < 4.78 is 41.0. The summed E-state index contributed by atoms with van der Waals surface area (Å²) in [6, 6.07) is 11.4. The minimum atomic E-state index is -4.38. The van der Waals surface area contributed by atoms with Gasteiger partial charge in [-0.25, -0.2) is 4.98 Å². The van der Waals surface area contributed by atoms with Crippen molar-refractivity contribution in [3.8, 4) is 0 Å². The number of aromatic nitrogens is 2. The number of rotatable bonds is 3. The van der Waals surface area contributed by atoms with Crippen molar-refractivity contribution < 1.29 is 18.0 Å². The summed E-state index contributed by atoms with van der Waals surface area (Å²) in [6.07, 6.45) is -0.914. The van der Waals surface area contributed by atoms with Crippen molar-refractivity contribution >= 4 is 28.7 Å². The van der Waals surface area contributed by atoms with Gasteiger partial charge in [0, 0.05) is 29.6 Å². The second-order valence-corrected chi connectivity index (χ2v) is 8.36. The largest absolute Gasteiger partial charge is 0.416 e. The number of carbonyl (C=O) groups is 1. The molecule has 30 heavy (non-hydrogen) atoms. The van der Waals surface area contributed by atoms with Gasteiger partial charge in [-0.1, -0.05) is 0 Å². The third kappa shape index (κ3) is 3.93. The molecule has 0 N–H and O–H groups in total. The second kappa shape index (κ2) is 7.98. The number of aryl methyl sites for hydroxylation is 1. The quantitative estimate of drug-likeness (QED) is 0.508. The molecule has 1 fully saturated rings. The van der Waals surface area contributed by atoms with Crippen LogP contribution in [0.1, 0.15) is 40.6 Å². The predicted molar refractivity (Wildman–Crippen MR) is 112 cm³/mol. The third-order valence-electron chi connectivity index (χ3n) is 5.65. The van der Waals surface area contributed by atoms with Crippen LogP contribution >= 0.6 is 11.8 Å². The van der Waals surface area contributed by atoms with Gasteiger partial charge in [-0.05, 0) is 68.5 Å². The van der Waals surface area contributed by atoms with Gasteiger partial charge in [0.05, 0.1) is 16.6 Å². The number of fused-ring (bicyclic) bond motifs is 1. The molecular formula is C22H22F3N3OS. The van der Waals surface area contributed by atoms with Crippen molar-refractivity contribution in [1.82, 2.24) is 14.5 Å². The lowest BCUT2D eigenvalue weighted by atomic mass is 10.0. The van der Waals surface area contributed by atoms with Crippen molar-refractivity contribution in [2.24, 2.45) is 0 Å². The van der Waals surface area contributed by atoms with E-state index < -0.39 is 11.7 Å². The van der Waals surface area contributed by atoms with E-state index in [9.17, 15) is 18.0 Å². The Morgan fingerprint density at radius 3 is 2.37 bits per heavy atom. The first kappa shape index (κ1) is 20.8. The lowest BCUT2D eigenvalue weighted by molar-refractivity contribution is -0.137. The number of carbonyl (C=O) groups excluding carboxylic acids is 1. The number of amides is 1.